The van der Waals surface area contributed by atoms with E-state index in [2.05, 4.69) is 37.2 Å². The monoisotopic (exact) mass is 367 g/mol. The minimum atomic E-state index is -1.40. The molecule has 5 rings (SSSR count). The van der Waals surface area contributed by atoms with Crippen LogP contribution in [0.3, 0.4) is 0 Å². The highest BCUT2D eigenvalue weighted by atomic mass is 28.3. The number of hydrogen-bond donors (Lipinski definition) is 0. The van der Waals surface area contributed by atoms with Gasteiger partial charge in [-0.2, -0.15) is 5.26 Å². The summed E-state index contributed by atoms with van der Waals surface area (Å²) in [4.78, 5) is 0. The summed E-state index contributed by atoms with van der Waals surface area (Å²) < 4.78 is 18.2. The topological polar surface area (TPSA) is 51.5 Å². The molecule has 4 nitrogen and oxygen atoms in total. The zero-order chi connectivity index (χ0) is 18.4. The van der Waals surface area contributed by atoms with Crippen molar-refractivity contribution >= 4 is 8.07 Å². The molecule has 1 saturated carbocycles. The van der Waals surface area contributed by atoms with Crippen LogP contribution in [0.2, 0.25) is 19.6 Å². The fourth-order valence-electron chi connectivity index (χ4n) is 3.87. The fraction of sp³-hybridized carbons (Fsp3) is 0.571. The average molecular weight is 368 g/mol. The summed E-state index contributed by atoms with van der Waals surface area (Å²) in [6.07, 6.45) is 2.99. The first-order chi connectivity index (χ1) is 12.4. The van der Waals surface area contributed by atoms with E-state index in [0.717, 1.165) is 24.0 Å². The first kappa shape index (κ1) is 17.8. The third kappa shape index (κ3) is 2.90. The lowest BCUT2D eigenvalue weighted by Gasteiger charge is -2.58. The van der Waals surface area contributed by atoms with Crippen LogP contribution in [0.1, 0.15) is 30.4 Å². The van der Waals surface area contributed by atoms with E-state index in [1.807, 2.05) is 24.3 Å². The Balaban J connectivity index is 1.57. The highest BCUT2D eigenvalue weighted by Gasteiger charge is 2.62. The predicted molar refractivity (Wildman–Crippen MR) is 101 cm³/mol. The van der Waals surface area contributed by atoms with Crippen LogP contribution < -0.4 is 0 Å². The molecule has 0 amide bonds. The second-order valence-electron chi connectivity index (χ2n) is 8.70. The molecular weight excluding hydrogens is 342 g/mol. The van der Waals surface area contributed by atoms with E-state index >= 15 is 0 Å². The second kappa shape index (κ2) is 6.22. The van der Waals surface area contributed by atoms with E-state index in [1.54, 1.807) is 0 Å². The van der Waals surface area contributed by atoms with Crippen molar-refractivity contribution in [3.05, 3.63) is 35.4 Å². The summed E-state index contributed by atoms with van der Waals surface area (Å²) >= 11 is 0. The Bertz CT molecular complexity index is 782. The largest absolute Gasteiger partial charge is 0.323 e. The summed E-state index contributed by atoms with van der Waals surface area (Å²) in [6, 6.07) is 10.2. The van der Waals surface area contributed by atoms with Crippen LogP contribution in [0.4, 0.5) is 0 Å². The van der Waals surface area contributed by atoms with Crippen molar-refractivity contribution in [1.29, 1.82) is 5.26 Å². The van der Waals surface area contributed by atoms with Crippen molar-refractivity contribution in [2.45, 2.75) is 51.0 Å². The van der Waals surface area contributed by atoms with Crippen LogP contribution in [0.25, 0.3) is 0 Å². The minimum Gasteiger partial charge on any atom is -0.323 e. The lowest BCUT2D eigenvalue weighted by molar-refractivity contribution is -0.500. The van der Waals surface area contributed by atoms with Crippen molar-refractivity contribution in [3.8, 4) is 17.5 Å². The molecule has 5 heteroatoms. The molecular formula is C21H25NO3Si. The molecule has 3 saturated heterocycles. The van der Waals surface area contributed by atoms with Crippen molar-refractivity contribution in [2.75, 3.05) is 13.2 Å². The minimum absolute atomic E-state index is 0.308. The van der Waals surface area contributed by atoms with Gasteiger partial charge < -0.3 is 14.2 Å². The number of ether oxygens (including phenoxy) is 3. The molecule has 0 radical (unpaired) electrons. The van der Waals surface area contributed by atoms with E-state index < -0.39 is 20.2 Å². The van der Waals surface area contributed by atoms with E-state index in [4.69, 9.17) is 14.2 Å². The molecule has 3 aliphatic heterocycles. The predicted octanol–water partition coefficient (Wildman–Crippen LogP) is 3.78. The zero-order valence-corrected chi connectivity index (χ0v) is 16.7. The van der Waals surface area contributed by atoms with Crippen LogP contribution >= 0.6 is 0 Å². The van der Waals surface area contributed by atoms with Crippen molar-refractivity contribution in [2.24, 2.45) is 11.3 Å². The van der Waals surface area contributed by atoms with E-state index in [0.29, 0.717) is 19.1 Å². The lowest BCUT2D eigenvalue weighted by Crippen LogP contribution is -2.66. The van der Waals surface area contributed by atoms with Gasteiger partial charge in [-0.1, -0.05) is 32.0 Å². The normalized spacial score (nSPS) is 33.7. The molecule has 1 unspecified atom stereocenters. The number of nitriles is 1. The standard InChI is InChI=1S/C21H25NO3Si/c1-26(2,3)12-11-16-7-9-18(10-8-16)21-23-14-20(15-24-21,17-5-4-6-17)19(13-22)25-21/h7-10,17,19H,4-6,14-15H2,1-3H3. The van der Waals surface area contributed by atoms with Crippen molar-refractivity contribution in [3.63, 3.8) is 0 Å². The molecule has 0 spiro atoms. The molecule has 2 bridgehead atoms. The van der Waals surface area contributed by atoms with Crippen molar-refractivity contribution in [1.82, 2.24) is 0 Å². The first-order valence-corrected chi connectivity index (χ1v) is 12.9. The Labute approximate surface area is 156 Å². The molecule has 4 fully saturated rings. The highest BCUT2D eigenvalue weighted by Crippen LogP contribution is 2.55. The van der Waals surface area contributed by atoms with Crippen molar-refractivity contribution < 1.29 is 14.2 Å². The summed E-state index contributed by atoms with van der Waals surface area (Å²) in [7, 11) is -1.40. The Morgan fingerprint density at radius 3 is 2.23 bits per heavy atom. The summed E-state index contributed by atoms with van der Waals surface area (Å²) in [5.41, 5.74) is 4.82. The van der Waals surface area contributed by atoms with Gasteiger partial charge in [-0.25, -0.2) is 0 Å². The molecule has 1 aliphatic carbocycles. The van der Waals surface area contributed by atoms with E-state index in [1.165, 1.54) is 6.42 Å². The molecule has 136 valence electrons. The summed E-state index contributed by atoms with van der Waals surface area (Å²) in [5, 5.41) is 9.70. The number of hydrogen-bond acceptors (Lipinski definition) is 4. The zero-order valence-electron chi connectivity index (χ0n) is 15.7. The number of fused-ring (bicyclic) bond motifs is 3. The van der Waals surface area contributed by atoms with Gasteiger partial charge in [0.25, 0.3) is 0 Å². The smallest absolute Gasteiger partial charge is 0.313 e. The van der Waals surface area contributed by atoms with E-state index in [9.17, 15) is 5.26 Å². The second-order valence-corrected chi connectivity index (χ2v) is 13.4. The molecule has 3 heterocycles. The SMILES string of the molecule is C[Si](C)(C)C#Cc1ccc(C23OCC(C4CCC4)(CO2)C(C#N)O3)cc1. The van der Waals surface area contributed by atoms with Gasteiger partial charge in [0, 0.05) is 11.1 Å². The van der Waals surface area contributed by atoms with Gasteiger partial charge in [0.15, 0.2) is 6.10 Å². The summed E-state index contributed by atoms with van der Waals surface area (Å²) in [5.74, 6) is 2.46. The maximum absolute atomic E-state index is 9.70. The van der Waals surface area contributed by atoms with Gasteiger partial charge >= 0.3 is 5.97 Å². The number of benzene rings is 1. The van der Waals surface area contributed by atoms with Crippen LogP contribution in [-0.2, 0) is 20.2 Å². The van der Waals surface area contributed by atoms with Gasteiger partial charge in [0.1, 0.15) is 8.07 Å². The average Bonchev–Trinajstić information content (AvgIpc) is 2.59. The number of nitrogens with zero attached hydrogens (tertiary/aromatic N) is 1. The maximum atomic E-state index is 9.70. The van der Waals surface area contributed by atoms with Gasteiger partial charge in [-0.05, 0) is 43.0 Å². The Morgan fingerprint density at radius 1 is 1.08 bits per heavy atom. The van der Waals surface area contributed by atoms with Gasteiger partial charge in [0.2, 0.25) is 0 Å². The van der Waals surface area contributed by atoms with Gasteiger partial charge in [-0.15, -0.1) is 5.54 Å². The van der Waals surface area contributed by atoms with E-state index in [-0.39, 0.29) is 5.41 Å². The fourth-order valence-corrected chi connectivity index (χ4v) is 4.39. The molecule has 0 aromatic heterocycles. The Morgan fingerprint density at radius 2 is 1.73 bits per heavy atom. The Kier molecular flexibility index (Phi) is 4.25. The van der Waals surface area contributed by atoms with Crippen LogP contribution in [-0.4, -0.2) is 27.4 Å². The van der Waals surface area contributed by atoms with Gasteiger partial charge in [-0.3, -0.25) is 0 Å². The quantitative estimate of drug-likeness (QED) is 0.590. The van der Waals surface area contributed by atoms with Crippen LogP contribution in [0.15, 0.2) is 24.3 Å². The lowest BCUT2D eigenvalue weighted by atomic mass is 9.62. The first-order valence-electron chi connectivity index (χ1n) is 9.36. The summed E-state index contributed by atoms with van der Waals surface area (Å²) in [6.45, 7) is 7.72. The molecule has 26 heavy (non-hydrogen) atoms. The number of rotatable bonds is 2. The van der Waals surface area contributed by atoms with Crippen LogP contribution in [0.5, 0.6) is 0 Å². The third-order valence-electron chi connectivity index (χ3n) is 5.71. The molecule has 1 atom stereocenters. The van der Waals surface area contributed by atoms with Crippen LogP contribution in [0, 0.1) is 34.1 Å². The molecule has 1 aromatic carbocycles. The highest BCUT2D eigenvalue weighted by molar-refractivity contribution is 6.83. The Hall–Kier alpha value is -1.63. The molecule has 1 aromatic rings. The molecule has 0 N–H and O–H groups in total. The molecule has 4 aliphatic rings. The van der Waals surface area contributed by atoms with Gasteiger partial charge in [0.05, 0.1) is 24.7 Å². The maximum Gasteiger partial charge on any atom is 0.313 e. The third-order valence-corrected chi connectivity index (χ3v) is 6.59.